The first-order valence-electron chi connectivity index (χ1n) is 6.86. The Bertz CT molecular complexity index is 443. The molecular weight excluding hydrogens is 320 g/mol. The van der Waals surface area contributed by atoms with Crippen LogP contribution in [0.5, 0.6) is 0 Å². The predicted molar refractivity (Wildman–Crippen MR) is 83.8 cm³/mol. The molecule has 4 nitrogen and oxygen atoms in total. The molecule has 1 saturated heterocycles. The lowest BCUT2D eigenvalue weighted by molar-refractivity contribution is -0.00461. The van der Waals surface area contributed by atoms with Crippen molar-refractivity contribution in [3.8, 4) is 0 Å². The molecule has 1 aromatic rings. The molecule has 0 aliphatic carbocycles. The van der Waals surface area contributed by atoms with Gasteiger partial charge in [-0.05, 0) is 24.1 Å². The van der Waals surface area contributed by atoms with Crippen molar-refractivity contribution >= 4 is 15.9 Å². The minimum Gasteiger partial charge on any atom is -0.377 e. The van der Waals surface area contributed by atoms with Gasteiger partial charge in [-0.2, -0.15) is 0 Å². The van der Waals surface area contributed by atoms with Crippen molar-refractivity contribution in [1.82, 2.24) is 4.90 Å². The standard InChI is InChI=1S/C15H23BrN2O2/c1-10-4-5-11(6-12(10)16)13(7-17)18-8-14(19-2)15(9-18)20-3/h4-6,13-15H,7-9,17H2,1-3H3. The third-order valence-electron chi connectivity index (χ3n) is 4.09. The van der Waals surface area contributed by atoms with Crippen LogP contribution in [-0.2, 0) is 9.47 Å². The molecule has 0 amide bonds. The molecule has 1 aromatic carbocycles. The first kappa shape index (κ1) is 15.9. The molecule has 2 N–H and O–H groups in total. The molecule has 1 heterocycles. The average Bonchev–Trinajstić information content (AvgIpc) is 2.86. The van der Waals surface area contributed by atoms with Crippen molar-refractivity contribution in [2.75, 3.05) is 33.9 Å². The van der Waals surface area contributed by atoms with E-state index in [0.29, 0.717) is 6.54 Å². The van der Waals surface area contributed by atoms with Crippen LogP contribution in [0.25, 0.3) is 0 Å². The van der Waals surface area contributed by atoms with Gasteiger partial charge >= 0.3 is 0 Å². The van der Waals surface area contributed by atoms with E-state index >= 15 is 0 Å². The van der Waals surface area contributed by atoms with Crippen molar-refractivity contribution in [3.63, 3.8) is 0 Å². The monoisotopic (exact) mass is 342 g/mol. The Hall–Kier alpha value is -0.460. The molecule has 2 rings (SSSR count). The third-order valence-corrected chi connectivity index (χ3v) is 4.95. The highest BCUT2D eigenvalue weighted by Crippen LogP contribution is 2.29. The van der Waals surface area contributed by atoms with Crippen molar-refractivity contribution in [2.24, 2.45) is 5.73 Å². The highest BCUT2D eigenvalue weighted by Gasteiger charge is 2.36. The lowest BCUT2D eigenvalue weighted by Gasteiger charge is -2.27. The maximum absolute atomic E-state index is 6.01. The van der Waals surface area contributed by atoms with E-state index in [-0.39, 0.29) is 18.2 Å². The van der Waals surface area contributed by atoms with Crippen LogP contribution in [0.15, 0.2) is 22.7 Å². The van der Waals surface area contributed by atoms with Crippen LogP contribution < -0.4 is 5.73 Å². The Balaban J connectivity index is 2.18. The van der Waals surface area contributed by atoms with Gasteiger partial charge in [0, 0.05) is 44.4 Å². The van der Waals surface area contributed by atoms with Gasteiger partial charge in [0.1, 0.15) is 0 Å². The van der Waals surface area contributed by atoms with E-state index in [1.54, 1.807) is 14.2 Å². The van der Waals surface area contributed by atoms with Gasteiger partial charge in [0.15, 0.2) is 0 Å². The summed E-state index contributed by atoms with van der Waals surface area (Å²) in [7, 11) is 3.47. The normalized spacial score (nSPS) is 25.1. The average molecular weight is 343 g/mol. The molecule has 0 aromatic heterocycles. The zero-order chi connectivity index (χ0) is 14.7. The summed E-state index contributed by atoms with van der Waals surface area (Å²) in [6.07, 6.45) is 0.228. The molecule has 0 spiro atoms. The molecule has 3 unspecified atom stereocenters. The van der Waals surface area contributed by atoms with Crippen molar-refractivity contribution in [2.45, 2.75) is 25.2 Å². The SMILES string of the molecule is COC1CN(C(CN)c2ccc(C)c(Br)c2)CC1OC. The van der Waals surface area contributed by atoms with Gasteiger partial charge in [0.25, 0.3) is 0 Å². The number of benzene rings is 1. The van der Waals surface area contributed by atoms with Gasteiger partial charge in [-0.3, -0.25) is 4.90 Å². The first-order chi connectivity index (χ1) is 9.60. The van der Waals surface area contributed by atoms with Gasteiger partial charge in [0.2, 0.25) is 0 Å². The van der Waals surface area contributed by atoms with E-state index < -0.39 is 0 Å². The van der Waals surface area contributed by atoms with E-state index in [0.717, 1.165) is 17.6 Å². The van der Waals surface area contributed by atoms with Gasteiger partial charge in [0.05, 0.1) is 12.2 Å². The molecule has 1 aliphatic rings. The van der Waals surface area contributed by atoms with Crippen LogP contribution in [-0.4, -0.2) is 51.0 Å². The number of likely N-dealkylation sites (tertiary alicyclic amines) is 1. The highest BCUT2D eigenvalue weighted by molar-refractivity contribution is 9.10. The van der Waals surface area contributed by atoms with E-state index in [9.17, 15) is 0 Å². The van der Waals surface area contributed by atoms with Gasteiger partial charge < -0.3 is 15.2 Å². The minimum absolute atomic E-state index is 0.114. The summed E-state index contributed by atoms with van der Waals surface area (Å²) in [5, 5.41) is 0. The fourth-order valence-electron chi connectivity index (χ4n) is 2.79. The highest BCUT2D eigenvalue weighted by atomic mass is 79.9. The summed E-state index contributed by atoms with van der Waals surface area (Å²) in [4.78, 5) is 2.35. The quantitative estimate of drug-likeness (QED) is 0.890. The Morgan fingerprint density at radius 1 is 1.30 bits per heavy atom. The Morgan fingerprint density at radius 3 is 2.35 bits per heavy atom. The van der Waals surface area contributed by atoms with Gasteiger partial charge in [-0.1, -0.05) is 28.1 Å². The molecule has 20 heavy (non-hydrogen) atoms. The van der Waals surface area contributed by atoms with Crippen LogP contribution in [0, 0.1) is 6.92 Å². The maximum atomic E-state index is 6.01. The molecule has 5 heteroatoms. The summed E-state index contributed by atoms with van der Waals surface area (Å²) in [6, 6.07) is 6.64. The second-order valence-electron chi connectivity index (χ2n) is 5.26. The molecule has 112 valence electrons. The van der Waals surface area contributed by atoms with Crippen molar-refractivity contribution in [3.05, 3.63) is 33.8 Å². The summed E-state index contributed by atoms with van der Waals surface area (Å²) < 4.78 is 12.1. The fourth-order valence-corrected chi connectivity index (χ4v) is 3.19. The number of nitrogens with two attached hydrogens (primary N) is 1. The summed E-state index contributed by atoms with van der Waals surface area (Å²) in [5.41, 5.74) is 8.47. The largest absolute Gasteiger partial charge is 0.377 e. The smallest absolute Gasteiger partial charge is 0.0972 e. The van der Waals surface area contributed by atoms with Crippen molar-refractivity contribution < 1.29 is 9.47 Å². The maximum Gasteiger partial charge on any atom is 0.0972 e. The summed E-state index contributed by atoms with van der Waals surface area (Å²) >= 11 is 3.59. The molecule has 1 aliphatic heterocycles. The molecule has 0 saturated carbocycles. The summed E-state index contributed by atoms with van der Waals surface area (Å²) in [6.45, 7) is 4.37. The number of nitrogens with zero attached hydrogens (tertiary/aromatic N) is 1. The van der Waals surface area contributed by atoms with Crippen LogP contribution >= 0.6 is 15.9 Å². The number of ether oxygens (including phenoxy) is 2. The van der Waals surface area contributed by atoms with Gasteiger partial charge in [-0.15, -0.1) is 0 Å². The molecule has 3 atom stereocenters. The van der Waals surface area contributed by atoms with Gasteiger partial charge in [-0.25, -0.2) is 0 Å². The van der Waals surface area contributed by atoms with E-state index in [2.05, 4.69) is 46.0 Å². The van der Waals surface area contributed by atoms with Crippen LogP contribution in [0.2, 0.25) is 0 Å². The molecule has 0 radical (unpaired) electrons. The second-order valence-corrected chi connectivity index (χ2v) is 6.12. The minimum atomic E-state index is 0.114. The number of hydrogen-bond donors (Lipinski definition) is 1. The second kappa shape index (κ2) is 7.00. The van der Waals surface area contributed by atoms with Crippen LogP contribution in [0.1, 0.15) is 17.2 Å². The van der Waals surface area contributed by atoms with E-state index in [4.69, 9.17) is 15.2 Å². The third kappa shape index (κ3) is 3.23. The lowest BCUT2D eigenvalue weighted by atomic mass is 10.0. The number of halogens is 1. The Kier molecular flexibility index (Phi) is 5.57. The molecule has 0 bridgehead atoms. The summed E-state index contributed by atoms with van der Waals surface area (Å²) in [5.74, 6) is 0. The zero-order valence-corrected chi connectivity index (χ0v) is 13.9. The fraction of sp³-hybridized carbons (Fsp3) is 0.600. The number of aryl methyl sites for hydroxylation is 1. The topological polar surface area (TPSA) is 47.7 Å². The first-order valence-corrected chi connectivity index (χ1v) is 7.65. The van der Waals surface area contributed by atoms with Crippen LogP contribution in [0.3, 0.4) is 0 Å². The van der Waals surface area contributed by atoms with Crippen LogP contribution in [0.4, 0.5) is 0 Å². The lowest BCUT2D eigenvalue weighted by Crippen LogP contribution is -2.33. The molecular formula is C15H23BrN2O2. The van der Waals surface area contributed by atoms with E-state index in [1.807, 2.05) is 0 Å². The van der Waals surface area contributed by atoms with Crippen molar-refractivity contribution in [1.29, 1.82) is 0 Å². The number of methoxy groups -OCH3 is 2. The number of rotatable bonds is 5. The number of hydrogen-bond acceptors (Lipinski definition) is 4. The Morgan fingerprint density at radius 2 is 1.90 bits per heavy atom. The zero-order valence-electron chi connectivity index (χ0n) is 12.3. The molecule has 1 fully saturated rings. The predicted octanol–water partition coefficient (Wildman–Crippen LogP) is 2.10. The Labute approximate surface area is 129 Å². The van der Waals surface area contributed by atoms with E-state index in [1.165, 1.54) is 11.1 Å².